The van der Waals surface area contributed by atoms with Crippen LogP contribution in [0.1, 0.15) is 62.2 Å². The molecule has 25 heavy (non-hydrogen) atoms. The number of carbonyl (C=O) groups is 1. The molecule has 0 heterocycles. The molecule has 0 aliphatic carbocycles. The van der Waals surface area contributed by atoms with Crippen LogP contribution < -0.4 is 0 Å². The van der Waals surface area contributed by atoms with E-state index >= 15 is 0 Å². The molecule has 1 rings (SSSR count). The monoisotopic (exact) mass is 349 g/mol. The highest BCUT2D eigenvalue weighted by Crippen LogP contribution is 2.13. The topological polar surface area (TPSA) is 89.7 Å². The molecule has 0 saturated carbocycles. The van der Waals surface area contributed by atoms with Crippen LogP contribution in [0.3, 0.4) is 0 Å². The molecule has 0 aliphatic rings. The first-order valence-electron chi connectivity index (χ1n) is 8.78. The highest BCUT2D eigenvalue weighted by molar-refractivity contribution is 5.97. The lowest BCUT2D eigenvalue weighted by Gasteiger charge is -2.07. The maximum Gasteiger partial charge on any atom is 0.269 e. The lowest BCUT2D eigenvalue weighted by atomic mass is 10.1. The highest BCUT2D eigenvalue weighted by Gasteiger charge is 2.08. The Balaban J connectivity index is 2.22. The van der Waals surface area contributed by atoms with Crippen molar-refractivity contribution in [3.05, 3.63) is 52.1 Å². The van der Waals surface area contributed by atoms with Crippen molar-refractivity contribution in [1.29, 1.82) is 0 Å². The van der Waals surface area contributed by atoms with Gasteiger partial charge in [-0.1, -0.05) is 45.1 Å². The number of rotatable bonds is 13. The van der Waals surface area contributed by atoms with E-state index in [0.717, 1.165) is 12.8 Å². The van der Waals surface area contributed by atoms with Crippen LogP contribution in [0.25, 0.3) is 0 Å². The molecule has 0 spiro atoms. The van der Waals surface area contributed by atoms with Crippen LogP contribution in [0.5, 0.6) is 0 Å². The molecular formula is C19H27NO5. The summed E-state index contributed by atoms with van der Waals surface area (Å²) in [6.07, 6.45) is 9.00. The van der Waals surface area contributed by atoms with E-state index in [0.29, 0.717) is 12.2 Å². The van der Waals surface area contributed by atoms with Gasteiger partial charge < -0.3 is 9.84 Å². The molecule has 6 heteroatoms. The van der Waals surface area contributed by atoms with Crippen LogP contribution in [-0.4, -0.2) is 28.7 Å². The molecule has 0 bridgehead atoms. The summed E-state index contributed by atoms with van der Waals surface area (Å²) >= 11 is 0. The summed E-state index contributed by atoms with van der Waals surface area (Å²) in [4.78, 5) is 22.0. The molecule has 6 nitrogen and oxygen atoms in total. The van der Waals surface area contributed by atoms with Crippen LogP contribution in [0.4, 0.5) is 5.69 Å². The fourth-order valence-corrected chi connectivity index (χ4v) is 2.32. The number of Topliss-reactive ketones (excluding diaryl/α,β-unsaturated/α-hetero) is 1. The van der Waals surface area contributed by atoms with Crippen molar-refractivity contribution < 1.29 is 19.6 Å². The van der Waals surface area contributed by atoms with Gasteiger partial charge in [0.1, 0.15) is 0 Å². The summed E-state index contributed by atoms with van der Waals surface area (Å²) in [6, 6.07) is 5.46. The number of non-ortho nitro benzene ring substituents is 1. The number of hydrogen-bond donors (Lipinski definition) is 1. The maximum absolute atomic E-state index is 11.9. The third-order valence-corrected chi connectivity index (χ3v) is 3.79. The number of nitro groups is 1. The molecule has 1 aromatic rings. The number of ether oxygens (including phenoxy) is 1. The van der Waals surface area contributed by atoms with E-state index < -0.39 is 11.2 Å². The Kier molecular flexibility index (Phi) is 10.4. The summed E-state index contributed by atoms with van der Waals surface area (Å²) in [6.45, 7) is 2.67. The average molecular weight is 349 g/mol. The molecule has 0 aromatic heterocycles. The van der Waals surface area contributed by atoms with E-state index in [4.69, 9.17) is 4.74 Å². The fourth-order valence-electron chi connectivity index (χ4n) is 2.32. The minimum absolute atomic E-state index is 0.0504. The Bertz CT molecular complexity index is 553. The van der Waals surface area contributed by atoms with Crippen molar-refractivity contribution in [2.75, 3.05) is 6.61 Å². The Morgan fingerprint density at radius 3 is 2.48 bits per heavy atom. The molecule has 0 fully saturated rings. The predicted molar refractivity (Wildman–Crippen MR) is 96.5 cm³/mol. The molecule has 1 N–H and O–H groups in total. The zero-order chi connectivity index (χ0) is 18.5. The van der Waals surface area contributed by atoms with Crippen LogP contribution in [0, 0.1) is 10.1 Å². The summed E-state index contributed by atoms with van der Waals surface area (Å²) in [5, 5.41) is 20.2. The molecule has 0 amide bonds. The van der Waals surface area contributed by atoms with Crippen molar-refractivity contribution in [2.24, 2.45) is 0 Å². The number of ketones is 1. The van der Waals surface area contributed by atoms with E-state index in [1.165, 1.54) is 56.0 Å². The number of unbranched alkanes of at least 4 members (excludes halogenated alkanes) is 5. The minimum atomic E-state index is -1.01. The number of hydrogen-bond acceptors (Lipinski definition) is 5. The molecule has 0 aliphatic heterocycles. The van der Waals surface area contributed by atoms with Gasteiger partial charge in [0.25, 0.3) is 5.69 Å². The van der Waals surface area contributed by atoms with E-state index in [-0.39, 0.29) is 17.9 Å². The highest BCUT2D eigenvalue weighted by atomic mass is 16.6. The standard InChI is InChI=1S/C19H27NO5/c1-2-3-4-5-6-7-15-25-19(22)10-8-9-18(21)16-11-13-17(14-12-16)20(23)24/h8,10-14,19,22H,2-7,9,15H2,1H3. The first kappa shape index (κ1) is 21.0. The van der Waals surface area contributed by atoms with Gasteiger partial charge >= 0.3 is 0 Å². The summed E-state index contributed by atoms with van der Waals surface area (Å²) < 4.78 is 5.26. The lowest BCUT2D eigenvalue weighted by molar-refractivity contribution is -0.384. The van der Waals surface area contributed by atoms with Crippen LogP contribution >= 0.6 is 0 Å². The van der Waals surface area contributed by atoms with Gasteiger partial charge in [0.2, 0.25) is 0 Å². The number of benzene rings is 1. The zero-order valence-corrected chi connectivity index (χ0v) is 14.7. The molecule has 0 radical (unpaired) electrons. The van der Waals surface area contributed by atoms with Crippen molar-refractivity contribution in [2.45, 2.75) is 58.2 Å². The van der Waals surface area contributed by atoms with E-state index in [2.05, 4.69) is 6.92 Å². The molecule has 1 unspecified atom stereocenters. The number of nitrogens with zero attached hydrogens (tertiary/aromatic N) is 1. The second kappa shape index (κ2) is 12.3. The van der Waals surface area contributed by atoms with Crippen LogP contribution in [0.15, 0.2) is 36.4 Å². The normalized spacial score (nSPS) is 12.4. The fraction of sp³-hybridized carbons (Fsp3) is 0.526. The SMILES string of the molecule is CCCCCCCCOC(O)C=CCC(=O)c1ccc([N+](=O)[O-])cc1. The van der Waals surface area contributed by atoms with Crippen molar-refractivity contribution in [3.8, 4) is 0 Å². The van der Waals surface area contributed by atoms with Gasteiger partial charge in [-0.15, -0.1) is 0 Å². The van der Waals surface area contributed by atoms with Gasteiger partial charge in [-0.3, -0.25) is 14.9 Å². The molecule has 138 valence electrons. The number of nitro benzene ring substituents is 1. The zero-order valence-electron chi connectivity index (χ0n) is 14.7. The van der Waals surface area contributed by atoms with E-state index in [9.17, 15) is 20.0 Å². The van der Waals surface area contributed by atoms with Crippen LogP contribution in [-0.2, 0) is 4.74 Å². The number of carbonyl (C=O) groups excluding carboxylic acids is 1. The van der Waals surface area contributed by atoms with Crippen molar-refractivity contribution in [3.63, 3.8) is 0 Å². The Morgan fingerprint density at radius 1 is 1.20 bits per heavy atom. The molecular weight excluding hydrogens is 322 g/mol. The average Bonchev–Trinajstić information content (AvgIpc) is 2.61. The lowest BCUT2D eigenvalue weighted by Crippen LogP contribution is -2.09. The third-order valence-electron chi connectivity index (χ3n) is 3.79. The Morgan fingerprint density at radius 2 is 1.84 bits per heavy atom. The summed E-state index contributed by atoms with van der Waals surface area (Å²) in [7, 11) is 0. The van der Waals surface area contributed by atoms with E-state index in [1.54, 1.807) is 6.08 Å². The Labute approximate surface area is 148 Å². The van der Waals surface area contributed by atoms with Gasteiger partial charge in [-0.25, -0.2) is 0 Å². The third kappa shape index (κ3) is 9.12. The van der Waals surface area contributed by atoms with Gasteiger partial charge in [-0.05, 0) is 24.6 Å². The van der Waals surface area contributed by atoms with Crippen molar-refractivity contribution >= 4 is 11.5 Å². The molecule has 0 saturated heterocycles. The second-order valence-electron chi connectivity index (χ2n) is 5.89. The number of aliphatic hydroxyl groups excluding tert-OH is 1. The molecule has 1 aromatic carbocycles. The van der Waals surface area contributed by atoms with Crippen molar-refractivity contribution in [1.82, 2.24) is 0 Å². The first-order chi connectivity index (χ1) is 12.0. The first-order valence-corrected chi connectivity index (χ1v) is 8.78. The van der Waals surface area contributed by atoms with E-state index in [1.807, 2.05) is 0 Å². The maximum atomic E-state index is 11.9. The second-order valence-corrected chi connectivity index (χ2v) is 5.89. The predicted octanol–water partition coefficient (Wildman–Crippen LogP) is 4.42. The molecule has 1 atom stereocenters. The number of allylic oxidation sites excluding steroid dienone is 1. The summed E-state index contributed by atoms with van der Waals surface area (Å²) in [5.74, 6) is -0.172. The minimum Gasteiger partial charge on any atom is -0.365 e. The largest absolute Gasteiger partial charge is 0.365 e. The van der Waals surface area contributed by atoms with Gasteiger partial charge in [-0.2, -0.15) is 0 Å². The summed E-state index contributed by atoms with van der Waals surface area (Å²) in [5.41, 5.74) is 0.350. The Hall–Kier alpha value is -2.05. The number of aliphatic hydroxyl groups is 1. The quantitative estimate of drug-likeness (QED) is 0.142. The van der Waals surface area contributed by atoms with Gasteiger partial charge in [0.05, 0.1) is 11.5 Å². The van der Waals surface area contributed by atoms with Crippen LogP contribution in [0.2, 0.25) is 0 Å². The smallest absolute Gasteiger partial charge is 0.269 e. The van der Waals surface area contributed by atoms with Gasteiger partial charge in [0.15, 0.2) is 12.1 Å². The van der Waals surface area contributed by atoms with Gasteiger partial charge in [0, 0.05) is 24.1 Å².